The summed E-state index contributed by atoms with van der Waals surface area (Å²) in [4.78, 5) is 13.4. The SMILES string of the molecule is Cc1cc2c(N(C)C3CCCCC3C)nc(Cl)nc2s1. The number of aryl methyl sites for hydroxylation is 1. The van der Waals surface area contributed by atoms with E-state index < -0.39 is 0 Å². The minimum absolute atomic E-state index is 0.352. The predicted molar refractivity (Wildman–Crippen MR) is 87.0 cm³/mol. The van der Waals surface area contributed by atoms with Crippen LogP contribution in [-0.2, 0) is 0 Å². The zero-order valence-electron chi connectivity index (χ0n) is 12.2. The van der Waals surface area contributed by atoms with E-state index in [1.807, 2.05) is 0 Å². The Kier molecular flexibility index (Phi) is 3.87. The second kappa shape index (κ2) is 5.49. The third kappa shape index (κ3) is 2.51. The van der Waals surface area contributed by atoms with E-state index in [1.165, 1.54) is 30.6 Å². The molecule has 2 aromatic rings. The van der Waals surface area contributed by atoms with Crippen molar-refractivity contribution in [2.24, 2.45) is 5.92 Å². The number of aromatic nitrogens is 2. The van der Waals surface area contributed by atoms with Crippen LogP contribution in [0.2, 0.25) is 5.28 Å². The Labute approximate surface area is 129 Å². The molecule has 1 aliphatic carbocycles. The molecule has 0 bridgehead atoms. The Morgan fingerprint density at radius 1 is 1.30 bits per heavy atom. The van der Waals surface area contributed by atoms with Gasteiger partial charge in [0.2, 0.25) is 5.28 Å². The first-order valence-corrected chi connectivity index (χ1v) is 8.42. The van der Waals surface area contributed by atoms with Crippen molar-refractivity contribution < 1.29 is 0 Å². The van der Waals surface area contributed by atoms with E-state index in [4.69, 9.17) is 11.6 Å². The third-order valence-corrected chi connectivity index (χ3v) is 5.48. The van der Waals surface area contributed by atoms with E-state index in [-0.39, 0.29) is 0 Å². The molecule has 20 heavy (non-hydrogen) atoms. The van der Waals surface area contributed by atoms with Crippen LogP contribution in [0.1, 0.15) is 37.5 Å². The van der Waals surface area contributed by atoms with E-state index in [1.54, 1.807) is 11.3 Å². The molecule has 108 valence electrons. The van der Waals surface area contributed by atoms with Crippen molar-refractivity contribution in [3.63, 3.8) is 0 Å². The largest absolute Gasteiger partial charge is 0.356 e. The predicted octanol–water partition coefficient (Wildman–Crippen LogP) is 4.67. The summed E-state index contributed by atoms with van der Waals surface area (Å²) < 4.78 is 0. The molecule has 2 atom stereocenters. The molecule has 5 heteroatoms. The van der Waals surface area contributed by atoms with Gasteiger partial charge in [-0.25, -0.2) is 4.98 Å². The van der Waals surface area contributed by atoms with E-state index in [9.17, 15) is 0 Å². The Morgan fingerprint density at radius 2 is 2.05 bits per heavy atom. The number of hydrogen-bond acceptors (Lipinski definition) is 4. The molecule has 1 fully saturated rings. The van der Waals surface area contributed by atoms with Gasteiger partial charge >= 0.3 is 0 Å². The van der Waals surface area contributed by atoms with Crippen LogP contribution < -0.4 is 4.90 Å². The fourth-order valence-corrected chi connectivity index (χ4v) is 4.39. The van der Waals surface area contributed by atoms with Gasteiger partial charge in [0.05, 0.1) is 5.39 Å². The normalized spacial score (nSPS) is 23.2. The average molecular weight is 310 g/mol. The highest BCUT2D eigenvalue weighted by Gasteiger charge is 2.27. The summed E-state index contributed by atoms with van der Waals surface area (Å²) in [5.41, 5.74) is 0. The first-order chi connectivity index (χ1) is 9.56. The maximum Gasteiger partial charge on any atom is 0.225 e. The van der Waals surface area contributed by atoms with Crippen LogP contribution in [0.3, 0.4) is 0 Å². The standard InChI is InChI=1S/C15H20ClN3S/c1-9-6-4-5-7-12(9)19(3)13-11-8-10(2)20-14(11)18-15(16)17-13/h8-9,12H,4-7H2,1-3H3. The molecule has 3 rings (SSSR count). The van der Waals surface area contributed by atoms with Gasteiger partial charge in [-0.1, -0.05) is 19.8 Å². The summed E-state index contributed by atoms with van der Waals surface area (Å²) in [5.74, 6) is 1.69. The van der Waals surface area contributed by atoms with Gasteiger partial charge in [-0.05, 0) is 43.4 Å². The monoisotopic (exact) mass is 309 g/mol. The second-order valence-corrected chi connectivity index (χ2v) is 7.40. The summed E-state index contributed by atoms with van der Waals surface area (Å²) in [6.45, 7) is 4.45. The highest BCUT2D eigenvalue weighted by Crippen LogP contribution is 2.35. The van der Waals surface area contributed by atoms with Crippen LogP contribution >= 0.6 is 22.9 Å². The molecule has 1 saturated carbocycles. The van der Waals surface area contributed by atoms with E-state index in [2.05, 4.69) is 41.8 Å². The Hall–Kier alpha value is -0.870. The van der Waals surface area contributed by atoms with Gasteiger partial charge in [-0.15, -0.1) is 11.3 Å². The molecule has 0 aromatic carbocycles. The molecule has 2 unspecified atom stereocenters. The van der Waals surface area contributed by atoms with E-state index in [0.29, 0.717) is 17.2 Å². The molecule has 0 radical (unpaired) electrons. The van der Waals surface area contributed by atoms with Crippen LogP contribution in [-0.4, -0.2) is 23.1 Å². The van der Waals surface area contributed by atoms with Crippen molar-refractivity contribution >= 4 is 39.0 Å². The summed E-state index contributed by atoms with van der Waals surface area (Å²) >= 11 is 7.79. The third-order valence-electron chi connectivity index (χ3n) is 4.37. The number of rotatable bonds is 2. The van der Waals surface area contributed by atoms with Crippen LogP contribution in [0, 0.1) is 12.8 Å². The van der Waals surface area contributed by atoms with Crippen molar-refractivity contribution in [1.82, 2.24) is 9.97 Å². The fraction of sp³-hybridized carbons (Fsp3) is 0.600. The quantitative estimate of drug-likeness (QED) is 0.755. The summed E-state index contributed by atoms with van der Waals surface area (Å²) in [5, 5.41) is 1.49. The van der Waals surface area contributed by atoms with Gasteiger partial charge in [0, 0.05) is 18.0 Å². The lowest BCUT2D eigenvalue weighted by Crippen LogP contribution is -2.39. The van der Waals surface area contributed by atoms with Crippen LogP contribution in [0.25, 0.3) is 10.2 Å². The van der Waals surface area contributed by atoms with Crippen molar-refractivity contribution in [3.05, 3.63) is 16.2 Å². The fourth-order valence-electron chi connectivity index (χ4n) is 3.30. The highest BCUT2D eigenvalue weighted by atomic mass is 35.5. The van der Waals surface area contributed by atoms with Crippen LogP contribution in [0.4, 0.5) is 5.82 Å². The Balaban J connectivity index is 2.03. The molecular weight excluding hydrogens is 290 g/mol. The topological polar surface area (TPSA) is 29.0 Å². The molecule has 3 nitrogen and oxygen atoms in total. The van der Waals surface area contributed by atoms with Crippen molar-refractivity contribution in [2.75, 3.05) is 11.9 Å². The Bertz CT molecular complexity index is 625. The molecule has 0 saturated heterocycles. The minimum atomic E-state index is 0.352. The number of fused-ring (bicyclic) bond motifs is 1. The smallest absolute Gasteiger partial charge is 0.225 e. The Morgan fingerprint density at radius 3 is 2.80 bits per heavy atom. The molecule has 0 amide bonds. The zero-order valence-corrected chi connectivity index (χ0v) is 13.8. The van der Waals surface area contributed by atoms with Crippen molar-refractivity contribution in [3.8, 4) is 0 Å². The zero-order chi connectivity index (χ0) is 14.3. The molecule has 0 aliphatic heterocycles. The molecule has 2 heterocycles. The first kappa shape index (κ1) is 14.1. The van der Waals surface area contributed by atoms with Gasteiger partial charge < -0.3 is 4.90 Å². The summed E-state index contributed by atoms with van der Waals surface area (Å²) in [7, 11) is 2.15. The molecule has 0 spiro atoms. The maximum absolute atomic E-state index is 6.11. The summed E-state index contributed by atoms with van der Waals surface area (Å²) in [6.07, 6.45) is 5.20. The van der Waals surface area contributed by atoms with Crippen molar-refractivity contribution in [2.45, 2.75) is 45.6 Å². The van der Waals surface area contributed by atoms with Gasteiger partial charge in [-0.2, -0.15) is 4.98 Å². The van der Waals surface area contributed by atoms with Gasteiger partial charge in [0.25, 0.3) is 0 Å². The van der Waals surface area contributed by atoms with Crippen LogP contribution in [0.5, 0.6) is 0 Å². The molecule has 1 aliphatic rings. The average Bonchev–Trinajstić information content (AvgIpc) is 2.77. The van der Waals surface area contributed by atoms with Gasteiger partial charge in [0.1, 0.15) is 10.6 Å². The number of anilines is 1. The van der Waals surface area contributed by atoms with E-state index >= 15 is 0 Å². The van der Waals surface area contributed by atoms with Crippen molar-refractivity contribution in [1.29, 1.82) is 0 Å². The number of thiophene rings is 1. The number of nitrogens with zero attached hydrogens (tertiary/aromatic N) is 3. The van der Waals surface area contributed by atoms with Gasteiger partial charge in [0.15, 0.2) is 0 Å². The highest BCUT2D eigenvalue weighted by molar-refractivity contribution is 7.18. The lowest BCUT2D eigenvalue weighted by Gasteiger charge is -2.37. The van der Waals surface area contributed by atoms with Gasteiger partial charge in [-0.3, -0.25) is 0 Å². The lowest BCUT2D eigenvalue weighted by atomic mass is 9.85. The number of halogens is 1. The lowest BCUT2D eigenvalue weighted by molar-refractivity contribution is 0.321. The molecular formula is C15H20ClN3S. The molecule has 2 aromatic heterocycles. The minimum Gasteiger partial charge on any atom is -0.356 e. The maximum atomic E-state index is 6.11. The van der Waals surface area contributed by atoms with Crippen LogP contribution in [0.15, 0.2) is 6.07 Å². The summed E-state index contributed by atoms with van der Waals surface area (Å²) in [6, 6.07) is 2.73. The second-order valence-electron chi connectivity index (χ2n) is 5.83. The van der Waals surface area contributed by atoms with E-state index in [0.717, 1.165) is 16.0 Å². The molecule has 0 N–H and O–H groups in total. The number of hydrogen-bond donors (Lipinski definition) is 0. The first-order valence-electron chi connectivity index (χ1n) is 7.23.